The van der Waals surface area contributed by atoms with Crippen LogP contribution in [0.5, 0.6) is 5.75 Å². The molecule has 1 aromatic heterocycles. The minimum Gasteiger partial charge on any atom is -0.508 e. The Morgan fingerprint density at radius 2 is 1.37 bits per heavy atom. The van der Waals surface area contributed by atoms with Gasteiger partial charge >= 0.3 is 5.97 Å². The van der Waals surface area contributed by atoms with Crippen molar-refractivity contribution in [1.29, 1.82) is 0 Å². The van der Waals surface area contributed by atoms with E-state index in [9.17, 15) is 29.4 Å². The van der Waals surface area contributed by atoms with Gasteiger partial charge in [-0.2, -0.15) is 0 Å². The number of aromatic nitrogens is 1. The van der Waals surface area contributed by atoms with E-state index in [-0.39, 0.29) is 25.0 Å². The summed E-state index contributed by atoms with van der Waals surface area (Å²) in [6.07, 6.45) is 2.05. The van der Waals surface area contributed by atoms with Crippen LogP contribution in [-0.2, 0) is 38.4 Å². The number of aromatic hydroxyl groups is 1. The molecule has 0 aliphatic carbocycles. The van der Waals surface area contributed by atoms with Gasteiger partial charge in [0, 0.05) is 29.9 Å². The molecule has 4 rings (SSSR count). The molecule has 8 N–H and O–H groups in total. The van der Waals surface area contributed by atoms with Crippen molar-refractivity contribution in [2.75, 3.05) is 0 Å². The van der Waals surface area contributed by atoms with Crippen molar-refractivity contribution >= 4 is 34.6 Å². The SMILES string of the molecule is CC(NC(=O)C(N)Cc1ccc(O)cc1)C(=O)NC(Cc1c[nH]c2ccccc12)C(=O)NC(Cc1ccccc1)C(=O)O. The molecule has 0 fully saturated rings. The Hall–Kier alpha value is -5.16. The second-order valence-electron chi connectivity index (χ2n) is 10.4. The summed E-state index contributed by atoms with van der Waals surface area (Å²) < 4.78 is 0. The lowest BCUT2D eigenvalue weighted by molar-refractivity contribution is -0.142. The predicted octanol–water partition coefficient (Wildman–Crippen LogP) is 1.79. The van der Waals surface area contributed by atoms with Crippen LogP contribution in [0.2, 0.25) is 0 Å². The minimum atomic E-state index is -1.23. The highest BCUT2D eigenvalue weighted by Gasteiger charge is 2.30. The van der Waals surface area contributed by atoms with E-state index in [1.807, 2.05) is 30.3 Å². The lowest BCUT2D eigenvalue weighted by atomic mass is 10.0. The van der Waals surface area contributed by atoms with Crippen LogP contribution in [0.3, 0.4) is 0 Å². The van der Waals surface area contributed by atoms with Crippen molar-refractivity contribution in [3.8, 4) is 5.75 Å². The third kappa shape index (κ3) is 8.43. The number of nitrogens with one attached hydrogen (secondary N) is 4. The molecule has 43 heavy (non-hydrogen) atoms. The monoisotopic (exact) mass is 585 g/mol. The van der Waals surface area contributed by atoms with Crippen LogP contribution >= 0.6 is 0 Å². The molecule has 0 saturated heterocycles. The summed E-state index contributed by atoms with van der Waals surface area (Å²) in [6, 6.07) is 18.3. The third-order valence-electron chi connectivity index (χ3n) is 7.11. The number of rotatable bonds is 13. The highest BCUT2D eigenvalue weighted by atomic mass is 16.4. The van der Waals surface area contributed by atoms with Crippen LogP contribution in [0.4, 0.5) is 0 Å². The van der Waals surface area contributed by atoms with Crippen LogP contribution in [0.1, 0.15) is 23.6 Å². The second-order valence-corrected chi connectivity index (χ2v) is 10.4. The molecule has 0 aliphatic rings. The Balaban J connectivity index is 1.46. The number of amides is 3. The molecule has 3 aromatic carbocycles. The number of carbonyl (C=O) groups excluding carboxylic acids is 3. The van der Waals surface area contributed by atoms with Crippen LogP contribution < -0.4 is 21.7 Å². The topological polar surface area (TPSA) is 187 Å². The standard InChI is InChI=1S/C32H35N5O6/c1-19(35-30(40)25(33)15-21-11-13-23(38)14-12-21)29(39)36-27(17-22-18-34-26-10-6-5-9-24(22)26)31(41)37-28(32(42)43)16-20-7-3-2-4-8-20/h2-14,18-19,25,27-28,34,38H,15-17,33H2,1H3,(H,35,40)(H,36,39)(H,37,41)(H,42,43). The fourth-order valence-corrected chi connectivity index (χ4v) is 4.71. The van der Waals surface area contributed by atoms with Crippen molar-refractivity contribution in [3.63, 3.8) is 0 Å². The molecule has 11 heteroatoms. The second kappa shape index (κ2) is 14.1. The average Bonchev–Trinajstić information content (AvgIpc) is 3.40. The Labute approximate surface area is 248 Å². The lowest BCUT2D eigenvalue weighted by Gasteiger charge is -2.24. The molecule has 4 aromatic rings. The van der Waals surface area contributed by atoms with E-state index in [0.717, 1.165) is 27.6 Å². The van der Waals surface area contributed by atoms with E-state index in [1.54, 1.807) is 42.6 Å². The molecular formula is C32H35N5O6. The summed E-state index contributed by atoms with van der Waals surface area (Å²) in [4.78, 5) is 54.6. The maximum absolute atomic E-state index is 13.5. The first kappa shape index (κ1) is 30.8. The van der Waals surface area contributed by atoms with Crippen LogP contribution in [-0.4, -0.2) is 63.1 Å². The minimum absolute atomic E-state index is 0.0566. The van der Waals surface area contributed by atoms with E-state index < -0.39 is 47.9 Å². The number of phenols is 1. The molecular weight excluding hydrogens is 550 g/mol. The van der Waals surface area contributed by atoms with Crippen molar-refractivity contribution in [2.45, 2.75) is 50.4 Å². The molecule has 0 spiro atoms. The molecule has 0 saturated carbocycles. The lowest BCUT2D eigenvalue weighted by Crippen LogP contribution is -2.57. The number of aliphatic carboxylic acids is 1. The summed E-state index contributed by atoms with van der Waals surface area (Å²) in [5.74, 6) is -3.00. The summed E-state index contributed by atoms with van der Waals surface area (Å²) in [5, 5.41) is 28.0. The maximum Gasteiger partial charge on any atom is 0.326 e. The number of aromatic amines is 1. The fourth-order valence-electron chi connectivity index (χ4n) is 4.71. The number of fused-ring (bicyclic) bond motifs is 1. The first-order valence-corrected chi connectivity index (χ1v) is 13.9. The van der Waals surface area contributed by atoms with Gasteiger partial charge in [0.15, 0.2) is 0 Å². The Morgan fingerprint density at radius 3 is 2.07 bits per heavy atom. The molecule has 0 radical (unpaired) electrons. The number of carboxylic acid groups (broad SMARTS) is 1. The first-order chi connectivity index (χ1) is 20.6. The molecule has 11 nitrogen and oxygen atoms in total. The van der Waals surface area contributed by atoms with E-state index in [4.69, 9.17) is 5.73 Å². The zero-order chi connectivity index (χ0) is 30.9. The van der Waals surface area contributed by atoms with Crippen molar-refractivity contribution in [1.82, 2.24) is 20.9 Å². The number of hydrogen-bond donors (Lipinski definition) is 7. The van der Waals surface area contributed by atoms with Crippen LogP contribution in [0, 0.1) is 0 Å². The number of benzene rings is 3. The Kier molecular flexibility index (Phi) is 10.1. The van der Waals surface area contributed by atoms with Crippen molar-refractivity contribution in [3.05, 3.63) is 102 Å². The van der Waals surface area contributed by atoms with E-state index in [0.29, 0.717) is 0 Å². The van der Waals surface area contributed by atoms with Gasteiger partial charge in [-0.25, -0.2) is 4.79 Å². The largest absolute Gasteiger partial charge is 0.508 e. The highest BCUT2D eigenvalue weighted by molar-refractivity contribution is 5.94. The number of H-pyrrole nitrogens is 1. The zero-order valence-electron chi connectivity index (χ0n) is 23.6. The zero-order valence-corrected chi connectivity index (χ0v) is 23.6. The first-order valence-electron chi connectivity index (χ1n) is 13.9. The maximum atomic E-state index is 13.5. The van der Waals surface area contributed by atoms with E-state index >= 15 is 0 Å². The van der Waals surface area contributed by atoms with Crippen molar-refractivity contribution in [2.24, 2.45) is 5.73 Å². The van der Waals surface area contributed by atoms with Gasteiger partial charge < -0.3 is 36.9 Å². The van der Waals surface area contributed by atoms with E-state index in [2.05, 4.69) is 20.9 Å². The smallest absolute Gasteiger partial charge is 0.326 e. The Morgan fingerprint density at radius 1 is 0.744 bits per heavy atom. The number of nitrogens with two attached hydrogens (primary N) is 1. The van der Waals surface area contributed by atoms with Gasteiger partial charge in [0.05, 0.1) is 6.04 Å². The molecule has 224 valence electrons. The van der Waals surface area contributed by atoms with Gasteiger partial charge in [-0.05, 0) is 48.2 Å². The third-order valence-corrected chi connectivity index (χ3v) is 7.11. The quantitative estimate of drug-likeness (QED) is 0.125. The average molecular weight is 586 g/mol. The molecule has 4 unspecified atom stereocenters. The molecule has 0 bridgehead atoms. The Bertz CT molecular complexity index is 1570. The highest BCUT2D eigenvalue weighted by Crippen LogP contribution is 2.19. The predicted molar refractivity (Wildman–Crippen MR) is 161 cm³/mol. The van der Waals surface area contributed by atoms with E-state index in [1.165, 1.54) is 19.1 Å². The normalized spacial score (nSPS) is 13.8. The summed E-state index contributed by atoms with van der Waals surface area (Å²) in [7, 11) is 0. The van der Waals surface area contributed by atoms with Gasteiger partial charge in [0.1, 0.15) is 23.9 Å². The van der Waals surface area contributed by atoms with Crippen LogP contribution in [0.15, 0.2) is 85.1 Å². The van der Waals surface area contributed by atoms with Gasteiger partial charge in [-0.1, -0.05) is 60.7 Å². The molecule has 0 aliphatic heterocycles. The van der Waals surface area contributed by atoms with Gasteiger partial charge in [0.2, 0.25) is 17.7 Å². The molecule has 3 amide bonds. The number of carboxylic acids is 1. The number of carbonyl (C=O) groups is 4. The fraction of sp³-hybridized carbons (Fsp3) is 0.250. The number of phenolic OH excluding ortho intramolecular Hbond substituents is 1. The van der Waals surface area contributed by atoms with Gasteiger partial charge in [-0.3, -0.25) is 14.4 Å². The summed E-state index contributed by atoms with van der Waals surface area (Å²) in [6.45, 7) is 1.47. The molecule has 4 atom stereocenters. The van der Waals surface area contributed by atoms with Crippen LogP contribution in [0.25, 0.3) is 10.9 Å². The summed E-state index contributed by atoms with van der Waals surface area (Å²) in [5.41, 5.74) is 9.10. The van der Waals surface area contributed by atoms with Crippen molar-refractivity contribution < 1.29 is 29.4 Å². The summed E-state index contributed by atoms with van der Waals surface area (Å²) >= 11 is 0. The molecule has 1 heterocycles. The van der Waals surface area contributed by atoms with Gasteiger partial charge in [0.25, 0.3) is 0 Å². The number of para-hydroxylation sites is 1. The van der Waals surface area contributed by atoms with Gasteiger partial charge in [-0.15, -0.1) is 0 Å². The number of hydrogen-bond acceptors (Lipinski definition) is 6.